The molecule has 0 fully saturated rings. The summed E-state index contributed by atoms with van der Waals surface area (Å²) < 4.78 is 13.0. The molecule has 1 heterocycles. The summed E-state index contributed by atoms with van der Waals surface area (Å²) in [7, 11) is 0. The van der Waals surface area contributed by atoms with Crippen molar-refractivity contribution in [3.63, 3.8) is 0 Å². The van der Waals surface area contributed by atoms with Crippen LogP contribution in [0.25, 0.3) is 0 Å². The monoisotopic (exact) mass is 365 g/mol. The first-order chi connectivity index (χ1) is 13.2. The van der Waals surface area contributed by atoms with Gasteiger partial charge in [0.1, 0.15) is 5.82 Å². The first-order valence-electron chi connectivity index (χ1n) is 9.25. The molecule has 140 valence electrons. The summed E-state index contributed by atoms with van der Waals surface area (Å²) >= 11 is 0. The zero-order valence-corrected chi connectivity index (χ0v) is 15.7. The molecular weight excluding hydrogens is 341 g/mol. The molecule has 0 radical (unpaired) electrons. The highest BCUT2D eigenvalue weighted by atomic mass is 19.1. The SMILES string of the molecule is CCc1cccc(CC)c1Nc1cnnc(NCCc2ccc(F)cc2)n1. The first-order valence-corrected chi connectivity index (χ1v) is 9.25. The molecule has 3 aromatic rings. The van der Waals surface area contributed by atoms with E-state index in [9.17, 15) is 4.39 Å². The van der Waals surface area contributed by atoms with Crippen LogP contribution in [-0.4, -0.2) is 21.7 Å². The number of rotatable bonds is 8. The van der Waals surface area contributed by atoms with E-state index in [0.717, 1.165) is 30.5 Å². The van der Waals surface area contributed by atoms with E-state index in [2.05, 4.69) is 57.9 Å². The van der Waals surface area contributed by atoms with E-state index in [-0.39, 0.29) is 5.82 Å². The van der Waals surface area contributed by atoms with E-state index < -0.39 is 0 Å². The van der Waals surface area contributed by atoms with Gasteiger partial charge in [-0.2, -0.15) is 10.1 Å². The van der Waals surface area contributed by atoms with Gasteiger partial charge in [0.05, 0.1) is 6.20 Å². The predicted octanol–water partition coefficient (Wildman–Crippen LogP) is 4.53. The zero-order valence-electron chi connectivity index (χ0n) is 15.7. The molecular formula is C21H24FN5. The zero-order chi connectivity index (χ0) is 19.1. The minimum absolute atomic E-state index is 0.225. The van der Waals surface area contributed by atoms with Gasteiger partial charge in [-0.15, -0.1) is 5.10 Å². The molecule has 0 saturated carbocycles. The maximum Gasteiger partial charge on any atom is 0.244 e. The number of hydrogen-bond donors (Lipinski definition) is 2. The van der Waals surface area contributed by atoms with Gasteiger partial charge in [-0.25, -0.2) is 4.39 Å². The lowest BCUT2D eigenvalue weighted by Gasteiger charge is -2.15. The van der Waals surface area contributed by atoms with Crippen molar-refractivity contribution in [1.29, 1.82) is 0 Å². The molecule has 2 aromatic carbocycles. The number of nitrogens with one attached hydrogen (secondary N) is 2. The molecule has 0 atom stereocenters. The Hall–Kier alpha value is -3.02. The number of aromatic nitrogens is 3. The fourth-order valence-electron chi connectivity index (χ4n) is 2.94. The van der Waals surface area contributed by atoms with Gasteiger partial charge >= 0.3 is 0 Å². The topological polar surface area (TPSA) is 62.7 Å². The minimum atomic E-state index is -0.225. The normalized spacial score (nSPS) is 10.6. The third kappa shape index (κ3) is 5.00. The maximum absolute atomic E-state index is 13.0. The molecule has 5 nitrogen and oxygen atoms in total. The van der Waals surface area contributed by atoms with Gasteiger partial charge in [0, 0.05) is 12.2 Å². The molecule has 6 heteroatoms. The smallest absolute Gasteiger partial charge is 0.244 e. The van der Waals surface area contributed by atoms with E-state index >= 15 is 0 Å². The molecule has 0 saturated heterocycles. The first kappa shape index (κ1) is 18.8. The van der Waals surface area contributed by atoms with Crippen molar-refractivity contribution < 1.29 is 4.39 Å². The van der Waals surface area contributed by atoms with Crippen LogP contribution in [0.3, 0.4) is 0 Å². The van der Waals surface area contributed by atoms with Gasteiger partial charge < -0.3 is 10.6 Å². The summed E-state index contributed by atoms with van der Waals surface area (Å²) in [6, 6.07) is 12.8. The molecule has 0 bridgehead atoms. The van der Waals surface area contributed by atoms with Crippen molar-refractivity contribution in [1.82, 2.24) is 15.2 Å². The van der Waals surface area contributed by atoms with Gasteiger partial charge in [-0.05, 0) is 48.1 Å². The summed E-state index contributed by atoms with van der Waals surface area (Å²) in [6.45, 7) is 4.92. The summed E-state index contributed by atoms with van der Waals surface area (Å²) in [5, 5.41) is 14.7. The van der Waals surface area contributed by atoms with E-state index in [1.54, 1.807) is 18.3 Å². The summed E-state index contributed by atoms with van der Waals surface area (Å²) in [4.78, 5) is 4.51. The highest BCUT2D eigenvalue weighted by Crippen LogP contribution is 2.25. The van der Waals surface area contributed by atoms with Crippen molar-refractivity contribution in [2.45, 2.75) is 33.1 Å². The Morgan fingerprint density at radius 3 is 2.33 bits per heavy atom. The number of hydrogen-bond acceptors (Lipinski definition) is 5. The third-order valence-electron chi connectivity index (χ3n) is 4.42. The lowest BCUT2D eigenvalue weighted by Crippen LogP contribution is -2.10. The van der Waals surface area contributed by atoms with Crippen molar-refractivity contribution in [2.75, 3.05) is 17.2 Å². The van der Waals surface area contributed by atoms with Crippen molar-refractivity contribution in [3.05, 3.63) is 71.2 Å². The molecule has 3 rings (SSSR count). The van der Waals surface area contributed by atoms with Gasteiger partial charge in [0.2, 0.25) is 5.95 Å². The second-order valence-electron chi connectivity index (χ2n) is 6.25. The van der Waals surface area contributed by atoms with Crippen LogP contribution < -0.4 is 10.6 Å². The third-order valence-corrected chi connectivity index (χ3v) is 4.42. The Balaban J connectivity index is 1.66. The fraction of sp³-hybridized carbons (Fsp3) is 0.286. The van der Waals surface area contributed by atoms with Gasteiger partial charge in [-0.3, -0.25) is 0 Å². The van der Waals surface area contributed by atoms with Crippen LogP contribution in [0.2, 0.25) is 0 Å². The average Bonchev–Trinajstić information content (AvgIpc) is 2.70. The predicted molar refractivity (Wildman–Crippen MR) is 107 cm³/mol. The van der Waals surface area contributed by atoms with E-state index in [1.165, 1.54) is 23.3 Å². The van der Waals surface area contributed by atoms with Crippen LogP contribution in [0.1, 0.15) is 30.5 Å². The number of aryl methyl sites for hydroxylation is 2. The lowest BCUT2D eigenvalue weighted by atomic mass is 10.0. The highest BCUT2D eigenvalue weighted by Gasteiger charge is 2.08. The van der Waals surface area contributed by atoms with Gasteiger partial charge in [0.25, 0.3) is 0 Å². The molecule has 0 aliphatic rings. The second kappa shape index (κ2) is 9.07. The van der Waals surface area contributed by atoms with E-state index in [1.807, 2.05) is 0 Å². The van der Waals surface area contributed by atoms with Gasteiger partial charge in [0.15, 0.2) is 5.82 Å². The largest absolute Gasteiger partial charge is 0.353 e. The van der Waals surface area contributed by atoms with Crippen LogP contribution >= 0.6 is 0 Å². The highest BCUT2D eigenvalue weighted by molar-refractivity contribution is 5.65. The van der Waals surface area contributed by atoms with Crippen LogP contribution in [0.15, 0.2) is 48.7 Å². The van der Waals surface area contributed by atoms with Crippen molar-refractivity contribution in [2.24, 2.45) is 0 Å². The number of anilines is 3. The molecule has 0 amide bonds. The van der Waals surface area contributed by atoms with E-state index in [4.69, 9.17) is 0 Å². The Morgan fingerprint density at radius 1 is 0.963 bits per heavy atom. The van der Waals surface area contributed by atoms with E-state index in [0.29, 0.717) is 18.3 Å². The Bertz CT molecular complexity index is 858. The molecule has 1 aromatic heterocycles. The fourth-order valence-corrected chi connectivity index (χ4v) is 2.94. The second-order valence-corrected chi connectivity index (χ2v) is 6.25. The quantitative estimate of drug-likeness (QED) is 0.614. The van der Waals surface area contributed by atoms with Gasteiger partial charge in [-0.1, -0.05) is 44.2 Å². The molecule has 2 N–H and O–H groups in total. The Kier molecular flexibility index (Phi) is 6.30. The van der Waals surface area contributed by atoms with Crippen LogP contribution in [0.4, 0.5) is 21.8 Å². The van der Waals surface area contributed by atoms with Crippen LogP contribution in [0, 0.1) is 5.82 Å². The maximum atomic E-state index is 13.0. The van der Waals surface area contributed by atoms with Crippen molar-refractivity contribution >= 4 is 17.5 Å². The lowest BCUT2D eigenvalue weighted by molar-refractivity contribution is 0.627. The number of para-hydroxylation sites is 1. The van der Waals surface area contributed by atoms with Crippen molar-refractivity contribution in [3.8, 4) is 0 Å². The molecule has 0 spiro atoms. The molecule has 0 aliphatic heterocycles. The number of halogens is 1. The summed E-state index contributed by atoms with van der Waals surface area (Å²) in [6.07, 6.45) is 4.26. The number of nitrogens with zero attached hydrogens (tertiary/aromatic N) is 3. The molecule has 0 aliphatic carbocycles. The Morgan fingerprint density at radius 2 is 1.67 bits per heavy atom. The number of benzene rings is 2. The molecule has 0 unspecified atom stereocenters. The Labute approximate surface area is 159 Å². The average molecular weight is 365 g/mol. The molecule has 27 heavy (non-hydrogen) atoms. The summed E-state index contributed by atoms with van der Waals surface area (Å²) in [5.41, 5.74) is 4.65. The standard InChI is InChI=1S/C21H24FN5/c1-3-16-6-5-7-17(4-2)20(16)25-19-14-24-27-21(26-19)23-13-12-15-8-10-18(22)11-9-15/h5-11,14H,3-4,12-13H2,1-2H3,(H2,23,25,26,27). The summed E-state index contributed by atoms with van der Waals surface area (Å²) in [5.74, 6) is 0.899. The minimum Gasteiger partial charge on any atom is -0.353 e. The van der Waals surface area contributed by atoms with Crippen LogP contribution in [0.5, 0.6) is 0 Å². The van der Waals surface area contributed by atoms with Crippen LogP contribution in [-0.2, 0) is 19.3 Å².